The molecule has 0 spiro atoms. The number of rotatable bonds is 5. The molecule has 7 nitrogen and oxygen atoms in total. The molecule has 0 radical (unpaired) electrons. The minimum Gasteiger partial charge on any atom is -0.326 e. The van der Waals surface area contributed by atoms with Crippen molar-refractivity contribution in [3.63, 3.8) is 0 Å². The van der Waals surface area contributed by atoms with E-state index in [1.54, 1.807) is 61.5 Å². The van der Waals surface area contributed by atoms with Crippen LogP contribution >= 0.6 is 11.6 Å². The lowest BCUT2D eigenvalue weighted by Gasteiger charge is -2.06. The van der Waals surface area contributed by atoms with Gasteiger partial charge in [0, 0.05) is 22.1 Å². The number of para-hydroxylation sites is 1. The second kappa shape index (κ2) is 9.33. The van der Waals surface area contributed by atoms with Crippen molar-refractivity contribution >= 4 is 46.4 Å². The molecule has 0 aromatic heterocycles. The highest BCUT2D eigenvalue weighted by Crippen LogP contribution is 2.13. The SMILES string of the molecule is CC(CC(=O)Nc1ccc(Cl)cc1)=NNC(=O)C(=O)Nc1ccccc1. The number of nitrogens with one attached hydrogen (secondary N) is 3. The summed E-state index contributed by atoms with van der Waals surface area (Å²) in [5.74, 6) is -2.08. The summed E-state index contributed by atoms with van der Waals surface area (Å²) < 4.78 is 0. The standard InChI is InChI=1S/C18H17ClN4O3/c1-12(11-16(24)20-15-9-7-13(19)8-10-15)22-23-18(26)17(25)21-14-5-3-2-4-6-14/h2-10H,11H2,1H3,(H,20,24)(H,21,25)(H,23,26). The van der Waals surface area contributed by atoms with Crippen LogP contribution in [0.15, 0.2) is 59.7 Å². The molecular weight excluding hydrogens is 356 g/mol. The zero-order valence-corrected chi connectivity index (χ0v) is 14.7. The van der Waals surface area contributed by atoms with Crippen molar-refractivity contribution in [3.8, 4) is 0 Å². The Balaban J connectivity index is 1.81. The van der Waals surface area contributed by atoms with E-state index in [2.05, 4.69) is 21.2 Å². The third-order valence-corrected chi connectivity index (χ3v) is 3.38. The number of nitrogens with zero attached hydrogens (tertiary/aromatic N) is 1. The Morgan fingerprint density at radius 1 is 0.885 bits per heavy atom. The maximum Gasteiger partial charge on any atom is 0.329 e. The molecule has 0 unspecified atom stereocenters. The van der Waals surface area contributed by atoms with Crippen LogP contribution < -0.4 is 16.1 Å². The van der Waals surface area contributed by atoms with E-state index in [0.29, 0.717) is 22.1 Å². The zero-order valence-electron chi connectivity index (χ0n) is 14.0. The normalized spacial score (nSPS) is 10.8. The van der Waals surface area contributed by atoms with Crippen molar-refractivity contribution in [2.24, 2.45) is 5.10 Å². The van der Waals surface area contributed by atoms with Crippen molar-refractivity contribution < 1.29 is 14.4 Å². The van der Waals surface area contributed by atoms with E-state index in [1.165, 1.54) is 0 Å². The molecule has 3 N–H and O–H groups in total. The van der Waals surface area contributed by atoms with Crippen LogP contribution in [0.25, 0.3) is 0 Å². The van der Waals surface area contributed by atoms with Gasteiger partial charge in [0.15, 0.2) is 0 Å². The number of benzene rings is 2. The quantitative estimate of drug-likeness (QED) is 0.427. The van der Waals surface area contributed by atoms with Crippen LogP contribution in [0.1, 0.15) is 13.3 Å². The fraction of sp³-hybridized carbons (Fsp3) is 0.111. The van der Waals surface area contributed by atoms with Crippen LogP contribution in [0.3, 0.4) is 0 Å². The Morgan fingerprint density at radius 3 is 2.15 bits per heavy atom. The maximum absolute atomic E-state index is 11.9. The molecule has 134 valence electrons. The number of amides is 3. The smallest absolute Gasteiger partial charge is 0.326 e. The van der Waals surface area contributed by atoms with Gasteiger partial charge in [0.2, 0.25) is 5.91 Å². The first-order valence-electron chi connectivity index (χ1n) is 7.69. The number of hydrazone groups is 1. The van der Waals surface area contributed by atoms with Gasteiger partial charge in [-0.15, -0.1) is 0 Å². The minimum atomic E-state index is -0.925. The number of hydrogen-bond donors (Lipinski definition) is 3. The van der Waals surface area contributed by atoms with Gasteiger partial charge in [-0.3, -0.25) is 14.4 Å². The maximum atomic E-state index is 11.9. The molecule has 26 heavy (non-hydrogen) atoms. The largest absolute Gasteiger partial charge is 0.329 e. The monoisotopic (exact) mass is 372 g/mol. The van der Waals surface area contributed by atoms with E-state index >= 15 is 0 Å². The highest BCUT2D eigenvalue weighted by Gasteiger charge is 2.13. The molecule has 8 heteroatoms. The second-order valence-corrected chi connectivity index (χ2v) is 5.78. The van der Waals surface area contributed by atoms with Crippen LogP contribution in [0.5, 0.6) is 0 Å². The molecule has 0 saturated heterocycles. The fourth-order valence-electron chi connectivity index (χ4n) is 1.92. The zero-order chi connectivity index (χ0) is 18.9. The van der Waals surface area contributed by atoms with E-state index in [4.69, 9.17) is 11.6 Å². The van der Waals surface area contributed by atoms with Gasteiger partial charge in [0.1, 0.15) is 0 Å². The number of hydrogen-bond acceptors (Lipinski definition) is 4. The first-order chi connectivity index (χ1) is 12.4. The van der Waals surface area contributed by atoms with E-state index < -0.39 is 11.8 Å². The van der Waals surface area contributed by atoms with Crippen molar-refractivity contribution in [2.75, 3.05) is 10.6 Å². The summed E-state index contributed by atoms with van der Waals surface area (Å²) in [6.45, 7) is 1.57. The Kier molecular flexibility index (Phi) is 6.87. The Labute approximate surface area is 155 Å². The Bertz CT molecular complexity index is 820. The predicted molar refractivity (Wildman–Crippen MR) is 101 cm³/mol. The Hall–Kier alpha value is -3.19. The van der Waals surface area contributed by atoms with Crippen molar-refractivity contribution in [3.05, 3.63) is 59.6 Å². The van der Waals surface area contributed by atoms with E-state index in [0.717, 1.165) is 0 Å². The summed E-state index contributed by atoms with van der Waals surface area (Å²) >= 11 is 5.78. The van der Waals surface area contributed by atoms with Gasteiger partial charge < -0.3 is 10.6 Å². The lowest BCUT2D eigenvalue weighted by molar-refractivity contribution is -0.136. The lowest BCUT2D eigenvalue weighted by Crippen LogP contribution is -2.33. The van der Waals surface area contributed by atoms with E-state index in [-0.39, 0.29) is 12.3 Å². The van der Waals surface area contributed by atoms with Gasteiger partial charge in [0.05, 0.1) is 6.42 Å². The molecular formula is C18H17ClN4O3. The summed E-state index contributed by atoms with van der Waals surface area (Å²) in [5.41, 5.74) is 3.56. The molecule has 3 amide bonds. The second-order valence-electron chi connectivity index (χ2n) is 5.34. The third-order valence-electron chi connectivity index (χ3n) is 3.13. The molecule has 0 aliphatic rings. The van der Waals surface area contributed by atoms with Crippen LogP contribution in [0.4, 0.5) is 11.4 Å². The average molecular weight is 373 g/mol. The van der Waals surface area contributed by atoms with Gasteiger partial charge in [-0.2, -0.15) is 5.10 Å². The molecule has 2 rings (SSSR count). The molecule has 0 aliphatic carbocycles. The van der Waals surface area contributed by atoms with Crippen molar-refractivity contribution in [1.29, 1.82) is 0 Å². The molecule has 0 atom stereocenters. The Morgan fingerprint density at radius 2 is 1.50 bits per heavy atom. The predicted octanol–water partition coefficient (Wildman–Crippen LogP) is 2.80. The van der Waals surface area contributed by atoms with Crippen molar-refractivity contribution in [1.82, 2.24) is 5.43 Å². The number of anilines is 2. The van der Waals surface area contributed by atoms with E-state index in [9.17, 15) is 14.4 Å². The fourth-order valence-corrected chi connectivity index (χ4v) is 2.04. The van der Waals surface area contributed by atoms with Gasteiger partial charge in [-0.05, 0) is 43.3 Å². The highest BCUT2D eigenvalue weighted by molar-refractivity contribution is 6.39. The molecule has 0 fully saturated rings. The van der Waals surface area contributed by atoms with Crippen LogP contribution in [-0.2, 0) is 14.4 Å². The molecule has 2 aromatic carbocycles. The third kappa shape index (κ3) is 6.37. The van der Waals surface area contributed by atoms with Gasteiger partial charge in [0.25, 0.3) is 0 Å². The van der Waals surface area contributed by atoms with Crippen molar-refractivity contribution in [2.45, 2.75) is 13.3 Å². The number of carbonyl (C=O) groups excluding carboxylic acids is 3. The van der Waals surface area contributed by atoms with Gasteiger partial charge in [-0.25, -0.2) is 5.43 Å². The summed E-state index contributed by atoms with van der Waals surface area (Å²) in [6.07, 6.45) is -0.0385. The van der Waals surface area contributed by atoms with E-state index in [1.807, 2.05) is 0 Å². The number of carbonyl (C=O) groups is 3. The first-order valence-corrected chi connectivity index (χ1v) is 8.07. The molecule has 0 bridgehead atoms. The summed E-state index contributed by atoms with van der Waals surface area (Å²) in [7, 11) is 0. The molecule has 2 aromatic rings. The summed E-state index contributed by atoms with van der Waals surface area (Å²) in [4.78, 5) is 35.4. The van der Waals surface area contributed by atoms with Crippen LogP contribution in [-0.4, -0.2) is 23.4 Å². The first kappa shape index (κ1) is 19.1. The minimum absolute atomic E-state index is 0.0385. The van der Waals surface area contributed by atoms with Gasteiger partial charge in [-0.1, -0.05) is 29.8 Å². The molecule has 0 aliphatic heterocycles. The van der Waals surface area contributed by atoms with Gasteiger partial charge >= 0.3 is 11.8 Å². The topological polar surface area (TPSA) is 99.7 Å². The highest BCUT2D eigenvalue weighted by atomic mass is 35.5. The summed E-state index contributed by atoms with van der Waals surface area (Å²) in [5, 5.41) is 9.43. The molecule has 0 heterocycles. The van der Waals surface area contributed by atoms with Crippen LogP contribution in [0.2, 0.25) is 5.02 Å². The van der Waals surface area contributed by atoms with Crippen LogP contribution in [0, 0.1) is 0 Å². The summed E-state index contributed by atoms with van der Waals surface area (Å²) in [6, 6.07) is 15.2. The lowest BCUT2D eigenvalue weighted by atomic mass is 10.2. The average Bonchev–Trinajstić information content (AvgIpc) is 2.62. The number of halogens is 1. The molecule has 0 saturated carbocycles.